The average Bonchev–Trinajstić information content (AvgIpc) is 2.78. The van der Waals surface area contributed by atoms with Crippen LogP contribution in [0.4, 0.5) is 0 Å². The van der Waals surface area contributed by atoms with Gasteiger partial charge in [-0.2, -0.15) is 5.26 Å². The molecule has 0 aliphatic rings. The number of aromatic nitrogens is 2. The third-order valence-electron chi connectivity index (χ3n) is 2.20. The van der Waals surface area contributed by atoms with Gasteiger partial charge in [-0.1, -0.05) is 0 Å². The molecular formula is C12H11N3O. The van der Waals surface area contributed by atoms with E-state index in [1.807, 2.05) is 37.3 Å². The van der Waals surface area contributed by atoms with Crippen LogP contribution in [0.3, 0.4) is 0 Å². The van der Waals surface area contributed by atoms with E-state index in [4.69, 9.17) is 10.00 Å². The van der Waals surface area contributed by atoms with Crippen molar-refractivity contribution in [1.82, 2.24) is 9.97 Å². The summed E-state index contributed by atoms with van der Waals surface area (Å²) in [6, 6.07) is 9.60. The molecule has 0 unspecified atom stereocenters. The second-order valence-electron chi connectivity index (χ2n) is 3.20. The Hall–Kier alpha value is -2.28. The monoisotopic (exact) mass is 213 g/mol. The standard InChI is InChI=1S/C12H11N3O/c1-2-16-10-5-3-9(4-6-10)12-11(7-13)14-8-15-12/h3-6,8H,2H2,1H3,(H,14,15). The first-order chi connectivity index (χ1) is 7.85. The average molecular weight is 213 g/mol. The normalized spacial score (nSPS) is 9.75. The molecule has 2 rings (SSSR count). The molecule has 0 spiro atoms. The third-order valence-corrected chi connectivity index (χ3v) is 2.20. The molecule has 0 aliphatic carbocycles. The maximum atomic E-state index is 8.85. The zero-order valence-electron chi connectivity index (χ0n) is 8.90. The van der Waals surface area contributed by atoms with Crippen molar-refractivity contribution in [3.63, 3.8) is 0 Å². The molecule has 1 heterocycles. The van der Waals surface area contributed by atoms with Crippen LogP contribution >= 0.6 is 0 Å². The minimum absolute atomic E-state index is 0.407. The van der Waals surface area contributed by atoms with Gasteiger partial charge in [0.2, 0.25) is 0 Å². The van der Waals surface area contributed by atoms with Crippen LogP contribution in [-0.2, 0) is 0 Å². The molecule has 16 heavy (non-hydrogen) atoms. The maximum absolute atomic E-state index is 8.85. The van der Waals surface area contributed by atoms with Crippen molar-refractivity contribution in [1.29, 1.82) is 5.26 Å². The topological polar surface area (TPSA) is 61.7 Å². The quantitative estimate of drug-likeness (QED) is 0.851. The predicted octanol–water partition coefficient (Wildman–Crippen LogP) is 2.35. The highest BCUT2D eigenvalue weighted by Crippen LogP contribution is 2.22. The lowest BCUT2D eigenvalue weighted by Crippen LogP contribution is -1.91. The summed E-state index contributed by atoms with van der Waals surface area (Å²) in [7, 11) is 0. The van der Waals surface area contributed by atoms with Gasteiger partial charge in [0.05, 0.1) is 18.6 Å². The highest BCUT2D eigenvalue weighted by molar-refractivity contribution is 5.65. The van der Waals surface area contributed by atoms with E-state index in [2.05, 4.69) is 9.97 Å². The minimum Gasteiger partial charge on any atom is -0.494 e. The third kappa shape index (κ3) is 1.89. The van der Waals surface area contributed by atoms with E-state index in [9.17, 15) is 0 Å². The van der Waals surface area contributed by atoms with Crippen LogP contribution in [0.1, 0.15) is 12.6 Å². The molecule has 0 fully saturated rings. The minimum atomic E-state index is 0.407. The number of nitrogens with zero attached hydrogens (tertiary/aromatic N) is 2. The number of benzene rings is 1. The van der Waals surface area contributed by atoms with Gasteiger partial charge in [0.15, 0.2) is 5.69 Å². The van der Waals surface area contributed by atoms with Gasteiger partial charge in [0, 0.05) is 5.56 Å². The summed E-state index contributed by atoms with van der Waals surface area (Å²) in [6.07, 6.45) is 1.52. The van der Waals surface area contributed by atoms with Gasteiger partial charge in [0.1, 0.15) is 11.8 Å². The number of hydrogen-bond donors (Lipinski definition) is 1. The van der Waals surface area contributed by atoms with Crippen molar-refractivity contribution in [3.05, 3.63) is 36.3 Å². The van der Waals surface area contributed by atoms with E-state index >= 15 is 0 Å². The van der Waals surface area contributed by atoms with Gasteiger partial charge in [-0.05, 0) is 31.2 Å². The van der Waals surface area contributed by atoms with Crippen molar-refractivity contribution >= 4 is 0 Å². The van der Waals surface area contributed by atoms with Gasteiger partial charge in [0.25, 0.3) is 0 Å². The molecule has 1 aromatic heterocycles. The van der Waals surface area contributed by atoms with Gasteiger partial charge in [-0.25, -0.2) is 4.98 Å². The highest BCUT2D eigenvalue weighted by Gasteiger charge is 2.06. The molecule has 0 radical (unpaired) electrons. The number of ether oxygens (including phenoxy) is 1. The van der Waals surface area contributed by atoms with Gasteiger partial charge < -0.3 is 9.72 Å². The van der Waals surface area contributed by atoms with Crippen molar-refractivity contribution in [2.24, 2.45) is 0 Å². The van der Waals surface area contributed by atoms with E-state index in [1.54, 1.807) is 0 Å². The Balaban J connectivity index is 2.32. The predicted molar refractivity (Wildman–Crippen MR) is 59.9 cm³/mol. The molecule has 80 valence electrons. The van der Waals surface area contributed by atoms with E-state index < -0.39 is 0 Å². The lowest BCUT2D eigenvalue weighted by Gasteiger charge is -2.03. The van der Waals surface area contributed by atoms with Crippen LogP contribution in [0.2, 0.25) is 0 Å². The Labute approximate surface area is 93.5 Å². The van der Waals surface area contributed by atoms with E-state index in [0.717, 1.165) is 17.0 Å². The van der Waals surface area contributed by atoms with Crippen molar-refractivity contribution < 1.29 is 4.74 Å². The summed E-state index contributed by atoms with van der Waals surface area (Å²) in [6.45, 7) is 2.59. The summed E-state index contributed by atoms with van der Waals surface area (Å²) in [4.78, 5) is 6.87. The van der Waals surface area contributed by atoms with E-state index in [0.29, 0.717) is 12.3 Å². The Morgan fingerprint density at radius 2 is 2.12 bits per heavy atom. The number of hydrogen-bond acceptors (Lipinski definition) is 3. The fourth-order valence-corrected chi connectivity index (χ4v) is 1.48. The largest absolute Gasteiger partial charge is 0.494 e. The smallest absolute Gasteiger partial charge is 0.166 e. The van der Waals surface area contributed by atoms with Gasteiger partial charge in [-0.3, -0.25) is 0 Å². The fourth-order valence-electron chi connectivity index (χ4n) is 1.48. The number of aromatic amines is 1. The number of imidazole rings is 1. The Morgan fingerprint density at radius 3 is 2.75 bits per heavy atom. The molecule has 1 aromatic carbocycles. The van der Waals surface area contributed by atoms with E-state index in [1.165, 1.54) is 6.33 Å². The van der Waals surface area contributed by atoms with Crippen LogP contribution in [0.15, 0.2) is 30.6 Å². The van der Waals surface area contributed by atoms with Crippen LogP contribution in [0.25, 0.3) is 11.3 Å². The van der Waals surface area contributed by atoms with Crippen LogP contribution in [0, 0.1) is 11.3 Å². The molecule has 1 N–H and O–H groups in total. The first-order valence-corrected chi connectivity index (χ1v) is 5.02. The fraction of sp³-hybridized carbons (Fsp3) is 0.167. The summed E-state index contributed by atoms with van der Waals surface area (Å²) in [5.74, 6) is 0.823. The van der Waals surface area contributed by atoms with Crippen molar-refractivity contribution in [2.75, 3.05) is 6.61 Å². The molecule has 0 atom stereocenters. The zero-order chi connectivity index (χ0) is 11.4. The van der Waals surface area contributed by atoms with Crippen molar-refractivity contribution in [2.45, 2.75) is 6.92 Å². The molecule has 0 amide bonds. The zero-order valence-corrected chi connectivity index (χ0v) is 8.90. The summed E-state index contributed by atoms with van der Waals surface area (Å²) in [5.41, 5.74) is 2.08. The Kier molecular flexibility index (Phi) is 2.88. The maximum Gasteiger partial charge on any atom is 0.166 e. The molecular weight excluding hydrogens is 202 g/mol. The molecule has 4 heteroatoms. The Morgan fingerprint density at radius 1 is 1.38 bits per heavy atom. The number of nitrogens with one attached hydrogen (secondary N) is 1. The molecule has 0 saturated heterocycles. The molecule has 2 aromatic rings. The first-order valence-electron chi connectivity index (χ1n) is 5.02. The number of rotatable bonds is 3. The van der Waals surface area contributed by atoms with Crippen molar-refractivity contribution in [3.8, 4) is 23.1 Å². The molecule has 0 aliphatic heterocycles. The van der Waals surface area contributed by atoms with Gasteiger partial charge >= 0.3 is 0 Å². The lowest BCUT2D eigenvalue weighted by atomic mass is 10.1. The number of nitriles is 1. The lowest BCUT2D eigenvalue weighted by molar-refractivity contribution is 0.340. The molecule has 4 nitrogen and oxygen atoms in total. The van der Waals surface area contributed by atoms with E-state index in [-0.39, 0.29) is 0 Å². The second kappa shape index (κ2) is 4.49. The molecule has 0 saturated carbocycles. The summed E-state index contributed by atoms with van der Waals surface area (Å²) >= 11 is 0. The van der Waals surface area contributed by atoms with Gasteiger partial charge in [-0.15, -0.1) is 0 Å². The van der Waals surface area contributed by atoms with Crippen LogP contribution < -0.4 is 4.74 Å². The highest BCUT2D eigenvalue weighted by atomic mass is 16.5. The summed E-state index contributed by atoms with van der Waals surface area (Å²) < 4.78 is 5.34. The second-order valence-corrected chi connectivity index (χ2v) is 3.20. The number of H-pyrrole nitrogens is 1. The molecule has 0 bridgehead atoms. The summed E-state index contributed by atoms with van der Waals surface area (Å²) in [5, 5.41) is 8.85. The Bertz CT molecular complexity index is 508. The SMILES string of the molecule is CCOc1ccc(-c2[nH]cnc2C#N)cc1. The first kappa shape index (κ1) is 10.2. The van der Waals surface area contributed by atoms with Crippen LogP contribution in [-0.4, -0.2) is 16.6 Å². The van der Waals surface area contributed by atoms with Crippen LogP contribution in [0.5, 0.6) is 5.75 Å².